The third-order valence-corrected chi connectivity index (χ3v) is 7.54. The van der Waals surface area contributed by atoms with Gasteiger partial charge in [-0.15, -0.1) is 0 Å². The summed E-state index contributed by atoms with van der Waals surface area (Å²) in [6.45, 7) is 4.54. The zero-order chi connectivity index (χ0) is 38.4. The number of guanidine groups is 1. The Hall–Kier alpha value is -6.20. The summed E-state index contributed by atoms with van der Waals surface area (Å²) in [5.41, 5.74) is 13.9. The number of carbonyl (C=O) groups excluding carboxylic acids is 5. The highest BCUT2D eigenvalue weighted by Crippen LogP contribution is 2.20. The Bertz CT molecular complexity index is 1760. The average molecular weight is 723 g/mol. The Labute approximate surface area is 300 Å². The fraction of sp³-hybridized carbons (Fsp3) is 0.412. The fourth-order valence-electron chi connectivity index (χ4n) is 5.24. The number of nitrogens with zero attached hydrogens (tertiary/aromatic N) is 3. The monoisotopic (exact) mass is 722 g/mol. The predicted molar refractivity (Wildman–Crippen MR) is 192 cm³/mol. The van der Waals surface area contributed by atoms with Crippen molar-refractivity contribution in [2.45, 2.75) is 70.2 Å². The van der Waals surface area contributed by atoms with Crippen LogP contribution in [0.5, 0.6) is 0 Å². The SMILES string of the molecule is CN(CC(N)=O)C(=O)[C@H](Cc1c[nH]c2ccccc12)NC(=O)[C@H](CCCN=C(N)N[N+](=O)[O-])NC(=O)[C@@H](Cc1ccccc1)NC(=O)OC(C)(C)C. The number of nitro groups is 1. The number of fused-ring (bicyclic) bond motifs is 1. The number of rotatable bonds is 17. The molecule has 3 aromatic rings. The number of nitrogens with two attached hydrogens (primary N) is 2. The predicted octanol–water partition coefficient (Wildman–Crippen LogP) is 0.636. The van der Waals surface area contributed by atoms with Crippen molar-refractivity contribution in [3.8, 4) is 0 Å². The van der Waals surface area contributed by atoms with Gasteiger partial charge in [0.2, 0.25) is 23.6 Å². The number of amides is 5. The van der Waals surface area contributed by atoms with Crippen LogP contribution in [-0.2, 0) is 36.8 Å². The molecule has 2 aromatic carbocycles. The van der Waals surface area contributed by atoms with Gasteiger partial charge in [0.25, 0.3) is 5.96 Å². The van der Waals surface area contributed by atoms with E-state index < -0.39 is 71.0 Å². The summed E-state index contributed by atoms with van der Waals surface area (Å²) < 4.78 is 5.38. The van der Waals surface area contributed by atoms with Crippen LogP contribution in [-0.4, -0.2) is 94.5 Å². The van der Waals surface area contributed by atoms with E-state index in [1.807, 2.05) is 24.3 Å². The minimum atomic E-state index is -1.29. The maximum atomic E-state index is 14.0. The van der Waals surface area contributed by atoms with Crippen LogP contribution >= 0.6 is 0 Å². The molecule has 1 aromatic heterocycles. The molecule has 0 bridgehead atoms. The molecule has 0 saturated carbocycles. The van der Waals surface area contributed by atoms with E-state index in [1.165, 1.54) is 7.05 Å². The zero-order valence-corrected chi connectivity index (χ0v) is 29.5. The number of hydrogen-bond acceptors (Lipinski definition) is 9. The van der Waals surface area contributed by atoms with Crippen LogP contribution in [0.3, 0.4) is 0 Å². The molecule has 0 unspecified atom stereocenters. The molecule has 0 aliphatic heterocycles. The first-order valence-corrected chi connectivity index (χ1v) is 16.5. The molecule has 0 radical (unpaired) electrons. The number of aromatic nitrogens is 1. The summed E-state index contributed by atoms with van der Waals surface area (Å²) >= 11 is 0. The van der Waals surface area contributed by atoms with Crippen LogP contribution in [0.15, 0.2) is 65.8 Å². The van der Waals surface area contributed by atoms with Gasteiger partial charge in [0, 0.05) is 43.5 Å². The molecule has 18 nitrogen and oxygen atoms in total. The standard InChI is InChI=1S/C34H46N10O8/c1-34(2,3)52-33(49)41-26(17-21-11-6-5-7-12-21)30(47)39-25(15-10-16-37-32(36)42-44(50)51)29(46)40-27(31(48)43(4)20-28(35)45)18-22-19-38-24-14-9-8-13-23(22)24/h5-9,11-14,19,25-27,38H,10,15-18,20H2,1-4H3,(H2,35,45)(H,39,47)(H,40,46)(H,41,49)(H3,36,37,42)/t25-,26+,27-/m0/s1. The Kier molecular flexibility index (Phi) is 14.5. The topological polar surface area (TPSA) is 269 Å². The summed E-state index contributed by atoms with van der Waals surface area (Å²) in [4.78, 5) is 84.8. The lowest BCUT2D eigenvalue weighted by molar-refractivity contribution is -0.525. The van der Waals surface area contributed by atoms with E-state index in [4.69, 9.17) is 16.2 Å². The van der Waals surface area contributed by atoms with Gasteiger partial charge in [-0.1, -0.05) is 54.0 Å². The molecular formula is C34H46N10O8. The number of likely N-dealkylation sites (N-methyl/N-ethyl adjacent to an activating group) is 1. The highest BCUT2D eigenvalue weighted by molar-refractivity contribution is 5.95. The van der Waals surface area contributed by atoms with Gasteiger partial charge in [-0.05, 0) is 50.8 Å². The number of primary amides is 1. The van der Waals surface area contributed by atoms with Gasteiger partial charge >= 0.3 is 6.09 Å². The second-order valence-electron chi connectivity index (χ2n) is 13.0. The van der Waals surface area contributed by atoms with Crippen LogP contribution in [0.4, 0.5) is 4.79 Å². The number of hydrogen-bond donors (Lipinski definition) is 7. The molecule has 9 N–H and O–H groups in total. The lowest BCUT2D eigenvalue weighted by Gasteiger charge is -2.28. The number of para-hydroxylation sites is 1. The second kappa shape index (κ2) is 18.7. The molecule has 0 aliphatic carbocycles. The number of H-pyrrole nitrogens is 1. The van der Waals surface area contributed by atoms with Gasteiger partial charge in [-0.3, -0.25) is 19.2 Å². The van der Waals surface area contributed by atoms with Crippen molar-refractivity contribution in [1.29, 1.82) is 0 Å². The second-order valence-corrected chi connectivity index (χ2v) is 13.0. The molecule has 0 spiro atoms. The number of aromatic amines is 1. The summed E-state index contributed by atoms with van der Waals surface area (Å²) in [6, 6.07) is 12.6. The number of benzene rings is 2. The van der Waals surface area contributed by atoms with Crippen molar-refractivity contribution < 1.29 is 33.7 Å². The van der Waals surface area contributed by atoms with Crippen molar-refractivity contribution in [2.75, 3.05) is 20.1 Å². The zero-order valence-electron chi connectivity index (χ0n) is 29.5. The number of nitrogens with one attached hydrogen (secondary N) is 5. The van der Waals surface area contributed by atoms with E-state index in [0.717, 1.165) is 15.8 Å². The van der Waals surface area contributed by atoms with E-state index >= 15 is 0 Å². The van der Waals surface area contributed by atoms with Crippen molar-refractivity contribution in [1.82, 2.24) is 31.3 Å². The summed E-state index contributed by atoms with van der Waals surface area (Å²) in [5, 5.41) is 18.6. The van der Waals surface area contributed by atoms with Crippen molar-refractivity contribution >= 4 is 46.6 Å². The van der Waals surface area contributed by atoms with Gasteiger partial charge in [0.1, 0.15) is 23.7 Å². The van der Waals surface area contributed by atoms with Crippen LogP contribution in [0.25, 0.3) is 10.9 Å². The molecule has 0 saturated heterocycles. The highest BCUT2D eigenvalue weighted by atomic mass is 16.7. The molecule has 0 aliphatic rings. The average Bonchev–Trinajstić information content (AvgIpc) is 3.46. The Morgan fingerprint density at radius 2 is 1.56 bits per heavy atom. The fourth-order valence-corrected chi connectivity index (χ4v) is 5.24. The number of alkyl carbamates (subject to hydrolysis) is 1. The Morgan fingerprint density at radius 1 is 0.923 bits per heavy atom. The van der Waals surface area contributed by atoms with Gasteiger partial charge in [0.15, 0.2) is 5.03 Å². The molecule has 5 amide bonds. The lowest BCUT2D eigenvalue weighted by Crippen LogP contribution is -2.58. The maximum absolute atomic E-state index is 14.0. The van der Waals surface area contributed by atoms with E-state index in [2.05, 4.69) is 25.9 Å². The quantitative estimate of drug-likeness (QED) is 0.0336. The molecule has 18 heteroatoms. The number of carbonyl (C=O) groups is 5. The largest absolute Gasteiger partial charge is 0.444 e. The third-order valence-electron chi connectivity index (χ3n) is 7.54. The van der Waals surface area contributed by atoms with E-state index in [-0.39, 0.29) is 32.2 Å². The number of hydrazine groups is 1. The van der Waals surface area contributed by atoms with Gasteiger partial charge < -0.3 is 42.0 Å². The minimum Gasteiger partial charge on any atom is -0.444 e. The minimum absolute atomic E-state index is 0.0164. The van der Waals surface area contributed by atoms with Crippen LogP contribution in [0.1, 0.15) is 44.7 Å². The Balaban J connectivity index is 1.92. The third kappa shape index (κ3) is 13.3. The molecule has 52 heavy (non-hydrogen) atoms. The summed E-state index contributed by atoms with van der Waals surface area (Å²) in [5.74, 6) is -3.31. The van der Waals surface area contributed by atoms with Crippen LogP contribution in [0.2, 0.25) is 0 Å². The Morgan fingerprint density at radius 3 is 2.21 bits per heavy atom. The first kappa shape index (κ1) is 40.2. The van der Waals surface area contributed by atoms with E-state index in [0.29, 0.717) is 11.1 Å². The molecule has 3 atom stereocenters. The van der Waals surface area contributed by atoms with Gasteiger partial charge in [0.05, 0.1) is 6.54 Å². The van der Waals surface area contributed by atoms with Gasteiger partial charge in [-0.2, -0.15) is 0 Å². The first-order chi connectivity index (χ1) is 24.5. The van der Waals surface area contributed by atoms with Crippen molar-refractivity contribution in [2.24, 2.45) is 16.5 Å². The molecule has 1 heterocycles. The summed E-state index contributed by atoms with van der Waals surface area (Å²) in [6.07, 6.45) is 0.986. The van der Waals surface area contributed by atoms with Gasteiger partial charge in [-0.25, -0.2) is 19.9 Å². The van der Waals surface area contributed by atoms with Crippen molar-refractivity contribution in [3.63, 3.8) is 0 Å². The van der Waals surface area contributed by atoms with E-state index in [1.54, 1.807) is 62.7 Å². The number of ether oxygens (including phenoxy) is 1. The van der Waals surface area contributed by atoms with Crippen molar-refractivity contribution in [3.05, 3.63) is 82.0 Å². The normalized spacial score (nSPS) is 13.3. The first-order valence-electron chi connectivity index (χ1n) is 16.5. The molecule has 280 valence electrons. The summed E-state index contributed by atoms with van der Waals surface area (Å²) in [7, 11) is 1.37. The molecule has 0 fully saturated rings. The maximum Gasteiger partial charge on any atom is 0.408 e. The van der Waals surface area contributed by atoms with Crippen LogP contribution in [0, 0.1) is 10.1 Å². The van der Waals surface area contributed by atoms with Crippen LogP contribution < -0.4 is 32.8 Å². The lowest BCUT2D eigenvalue weighted by atomic mass is 10.0. The number of aliphatic imine (C=N–C) groups is 1. The molecular weight excluding hydrogens is 676 g/mol. The van der Waals surface area contributed by atoms with E-state index in [9.17, 15) is 34.1 Å². The smallest absolute Gasteiger partial charge is 0.408 e. The molecule has 3 rings (SSSR count). The highest BCUT2D eigenvalue weighted by Gasteiger charge is 2.32.